The van der Waals surface area contributed by atoms with Crippen molar-refractivity contribution >= 4 is 9.84 Å². The van der Waals surface area contributed by atoms with Crippen molar-refractivity contribution in [3.05, 3.63) is 29.8 Å². The molecule has 0 aliphatic heterocycles. The Morgan fingerprint density at radius 3 is 2.70 bits per heavy atom. The van der Waals surface area contributed by atoms with E-state index < -0.39 is 9.84 Å². The second-order valence-electron chi connectivity index (χ2n) is 4.39. The maximum atomic E-state index is 12.2. The first-order chi connectivity index (χ1) is 9.53. The minimum atomic E-state index is -3.36. The molecule has 1 aromatic carbocycles. The molecule has 0 heterocycles. The van der Waals surface area contributed by atoms with E-state index in [2.05, 4.69) is 0 Å². The van der Waals surface area contributed by atoms with E-state index in [1.807, 2.05) is 17.9 Å². The van der Waals surface area contributed by atoms with Crippen LogP contribution in [0.5, 0.6) is 0 Å². The summed E-state index contributed by atoms with van der Waals surface area (Å²) in [6.07, 6.45) is 0. The van der Waals surface area contributed by atoms with Gasteiger partial charge in [-0.05, 0) is 24.7 Å². The summed E-state index contributed by atoms with van der Waals surface area (Å²) in [5.41, 5.74) is 0.359. The van der Waals surface area contributed by atoms with Crippen molar-refractivity contribution < 1.29 is 13.2 Å². The van der Waals surface area contributed by atoms with Gasteiger partial charge < -0.3 is 9.64 Å². The van der Waals surface area contributed by atoms with Crippen LogP contribution in [0.4, 0.5) is 0 Å². The van der Waals surface area contributed by atoms with E-state index in [0.29, 0.717) is 25.3 Å². The van der Waals surface area contributed by atoms with Crippen molar-refractivity contribution in [1.82, 2.24) is 4.90 Å². The largest absolute Gasteiger partial charge is 0.383 e. The molecule has 0 atom stereocenters. The van der Waals surface area contributed by atoms with Gasteiger partial charge in [-0.3, -0.25) is 0 Å². The van der Waals surface area contributed by atoms with Gasteiger partial charge in [0.1, 0.15) is 0 Å². The van der Waals surface area contributed by atoms with Gasteiger partial charge in [-0.25, -0.2) is 8.42 Å². The lowest BCUT2D eigenvalue weighted by atomic mass is 10.2. The van der Waals surface area contributed by atoms with E-state index in [0.717, 1.165) is 6.54 Å². The first-order valence-corrected chi connectivity index (χ1v) is 8.13. The molecule has 1 aromatic rings. The second kappa shape index (κ2) is 8.00. The number of sulfone groups is 1. The molecule has 0 aliphatic carbocycles. The highest BCUT2D eigenvalue weighted by molar-refractivity contribution is 7.91. The minimum Gasteiger partial charge on any atom is -0.383 e. The molecule has 0 radical (unpaired) electrons. The van der Waals surface area contributed by atoms with Crippen molar-refractivity contribution in [3.8, 4) is 6.07 Å². The molecule has 20 heavy (non-hydrogen) atoms. The van der Waals surface area contributed by atoms with Crippen molar-refractivity contribution in [2.45, 2.75) is 11.8 Å². The predicted octanol–water partition coefficient (Wildman–Crippen LogP) is 1.30. The quantitative estimate of drug-likeness (QED) is 0.723. The van der Waals surface area contributed by atoms with Gasteiger partial charge in [-0.1, -0.05) is 13.0 Å². The minimum absolute atomic E-state index is 0.0411. The number of hydrogen-bond donors (Lipinski definition) is 0. The zero-order valence-corrected chi connectivity index (χ0v) is 12.7. The number of benzene rings is 1. The summed E-state index contributed by atoms with van der Waals surface area (Å²) in [5.74, 6) is 0.0411. The molecule has 0 bridgehead atoms. The van der Waals surface area contributed by atoms with Gasteiger partial charge in [0.15, 0.2) is 9.84 Å². The van der Waals surface area contributed by atoms with Gasteiger partial charge in [0, 0.05) is 20.2 Å². The van der Waals surface area contributed by atoms with Gasteiger partial charge in [0.2, 0.25) is 0 Å². The van der Waals surface area contributed by atoms with Gasteiger partial charge in [-0.15, -0.1) is 0 Å². The van der Waals surface area contributed by atoms with E-state index in [4.69, 9.17) is 10.00 Å². The lowest BCUT2D eigenvalue weighted by Gasteiger charge is -2.19. The van der Waals surface area contributed by atoms with Crippen LogP contribution >= 0.6 is 0 Å². The summed E-state index contributed by atoms with van der Waals surface area (Å²) >= 11 is 0. The first kappa shape index (κ1) is 16.6. The third-order valence-corrected chi connectivity index (χ3v) is 4.75. The summed E-state index contributed by atoms with van der Waals surface area (Å²) in [6.45, 7) is 4.51. The second-order valence-corrected chi connectivity index (χ2v) is 6.49. The number of ether oxygens (including phenoxy) is 1. The van der Waals surface area contributed by atoms with Gasteiger partial charge in [0.05, 0.1) is 28.9 Å². The molecular formula is C14H20N2O3S. The van der Waals surface area contributed by atoms with E-state index >= 15 is 0 Å². The molecular weight excluding hydrogens is 276 g/mol. The van der Waals surface area contributed by atoms with Crippen LogP contribution in [-0.2, 0) is 14.6 Å². The fourth-order valence-corrected chi connectivity index (χ4v) is 3.10. The van der Waals surface area contributed by atoms with Crippen LogP contribution in [-0.4, -0.2) is 52.4 Å². The molecule has 0 aliphatic rings. The number of likely N-dealkylation sites (N-methyl/N-ethyl adjacent to an activating group) is 1. The molecule has 0 spiro atoms. The Bertz CT molecular complexity index is 564. The Morgan fingerprint density at radius 1 is 1.35 bits per heavy atom. The van der Waals surface area contributed by atoms with Crippen LogP contribution in [0.2, 0.25) is 0 Å². The zero-order valence-electron chi connectivity index (χ0n) is 11.9. The SMILES string of the molecule is CCN(CCOC)CCS(=O)(=O)c1cccc(C#N)c1. The molecule has 1 rings (SSSR count). The molecule has 0 saturated carbocycles. The number of nitriles is 1. The first-order valence-electron chi connectivity index (χ1n) is 6.47. The highest BCUT2D eigenvalue weighted by Gasteiger charge is 2.16. The van der Waals surface area contributed by atoms with Gasteiger partial charge in [0.25, 0.3) is 0 Å². The van der Waals surface area contributed by atoms with Crippen molar-refractivity contribution in [3.63, 3.8) is 0 Å². The summed E-state index contributed by atoms with van der Waals surface area (Å²) in [5, 5.41) is 8.81. The van der Waals surface area contributed by atoms with Crippen LogP contribution in [0.25, 0.3) is 0 Å². The molecule has 0 saturated heterocycles. The maximum Gasteiger partial charge on any atom is 0.179 e. The monoisotopic (exact) mass is 296 g/mol. The fraction of sp³-hybridized carbons (Fsp3) is 0.500. The smallest absolute Gasteiger partial charge is 0.179 e. The summed E-state index contributed by atoms with van der Waals surface area (Å²) in [6, 6.07) is 8.08. The fourth-order valence-electron chi connectivity index (χ4n) is 1.77. The van der Waals surface area contributed by atoms with Crippen molar-refractivity contribution in [2.75, 3.05) is 39.1 Å². The molecule has 0 N–H and O–H groups in total. The van der Waals surface area contributed by atoms with Crippen molar-refractivity contribution in [1.29, 1.82) is 5.26 Å². The van der Waals surface area contributed by atoms with Crippen LogP contribution in [0.15, 0.2) is 29.2 Å². The van der Waals surface area contributed by atoms with Crippen molar-refractivity contribution in [2.24, 2.45) is 0 Å². The lowest BCUT2D eigenvalue weighted by molar-refractivity contribution is 0.154. The summed E-state index contributed by atoms with van der Waals surface area (Å²) < 4.78 is 29.4. The highest BCUT2D eigenvalue weighted by Crippen LogP contribution is 2.13. The molecule has 110 valence electrons. The molecule has 0 amide bonds. The number of methoxy groups -OCH3 is 1. The molecule has 6 heteroatoms. The van der Waals surface area contributed by atoms with Gasteiger partial charge >= 0.3 is 0 Å². The summed E-state index contributed by atoms with van der Waals surface area (Å²) in [7, 11) is -1.73. The lowest BCUT2D eigenvalue weighted by Crippen LogP contribution is -2.32. The Balaban J connectivity index is 2.72. The van der Waals surface area contributed by atoms with Crippen LogP contribution in [0.1, 0.15) is 12.5 Å². The van der Waals surface area contributed by atoms with E-state index in [1.165, 1.54) is 12.1 Å². The number of rotatable bonds is 8. The number of hydrogen-bond acceptors (Lipinski definition) is 5. The van der Waals surface area contributed by atoms with Crippen LogP contribution < -0.4 is 0 Å². The maximum absolute atomic E-state index is 12.2. The van der Waals surface area contributed by atoms with Crippen LogP contribution in [0, 0.1) is 11.3 Å². The third kappa shape index (κ3) is 4.93. The van der Waals surface area contributed by atoms with E-state index in [9.17, 15) is 8.42 Å². The van der Waals surface area contributed by atoms with E-state index in [1.54, 1.807) is 19.2 Å². The normalized spacial score (nSPS) is 11.5. The number of nitrogens with zero attached hydrogens (tertiary/aromatic N) is 2. The predicted molar refractivity (Wildman–Crippen MR) is 77.2 cm³/mol. The van der Waals surface area contributed by atoms with Crippen LogP contribution in [0.3, 0.4) is 0 Å². The topological polar surface area (TPSA) is 70.4 Å². The Hall–Kier alpha value is -1.42. The van der Waals surface area contributed by atoms with E-state index in [-0.39, 0.29) is 10.6 Å². The average Bonchev–Trinajstić information content (AvgIpc) is 2.47. The molecule has 0 unspecified atom stereocenters. The third-order valence-electron chi connectivity index (χ3n) is 3.06. The average molecular weight is 296 g/mol. The molecule has 5 nitrogen and oxygen atoms in total. The summed E-state index contributed by atoms with van der Waals surface area (Å²) in [4.78, 5) is 2.23. The molecule has 0 fully saturated rings. The standard InChI is InChI=1S/C14H20N2O3S/c1-3-16(7-9-19-2)8-10-20(17,18)14-6-4-5-13(11-14)12-15/h4-6,11H,3,7-10H2,1-2H3. The Labute approximate surface area is 120 Å². The highest BCUT2D eigenvalue weighted by atomic mass is 32.2. The van der Waals surface area contributed by atoms with Gasteiger partial charge in [-0.2, -0.15) is 5.26 Å². The Kier molecular flexibility index (Phi) is 6.65. The Morgan fingerprint density at radius 2 is 2.10 bits per heavy atom. The molecule has 0 aromatic heterocycles. The zero-order chi connectivity index (χ0) is 15.0.